The Bertz CT molecular complexity index is 445. The van der Waals surface area contributed by atoms with E-state index in [1.54, 1.807) is 0 Å². The number of halogens is 3. The number of amidine groups is 1. The number of hydrogen-bond donors (Lipinski definition) is 1. The lowest BCUT2D eigenvalue weighted by Gasteiger charge is -2.17. The molecule has 0 fully saturated rings. The molecule has 1 aromatic rings. The Morgan fingerprint density at radius 1 is 1.37 bits per heavy atom. The third-order valence-corrected chi connectivity index (χ3v) is 3.91. The normalized spacial score (nSPS) is 21.1. The number of nitrogens with zero attached hydrogens (tertiary/aromatic N) is 1. The lowest BCUT2D eigenvalue weighted by Crippen LogP contribution is -2.33. The van der Waals surface area contributed by atoms with E-state index < -0.39 is 18.6 Å². The van der Waals surface area contributed by atoms with Crippen LogP contribution in [0.3, 0.4) is 0 Å². The summed E-state index contributed by atoms with van der Waals surface area (Å²) in [6.07, 6.45) is -4.99. The zero-order chi connectivity index (χ0) is 13.9. The molecule has 0 amide bonds. The summed E-state index contributed by atoms with van der Waals surface area (Å²) in [6, 6.07) is 9.21. The van der Waals surface area contributed by atoms with Crippen molar-refractivity contribution in [3.63, 3.8) is 0 Å². The van der Waals surface area contributed by atoms with Crippen LogP contribution in [0.2, 0.25) is 0 Å². The van der Waals surface area contributed by atoms with Gasteiger partial charge in [0.25, 0.3) is 0 Å². The topological polar surface area (TPSA) is 24.4 Å². The molecule has 2 atom stereocenters. The molecule has 0 aliphatic carbocycles. The summed E-state index contributed by atoms with van der Waals surface area (Å²) in [6.45, 7) is 2.13. The first-order valence-corrected chi connectivity index (χ1v) is 6.91. The van der Waals surface area contributed by atoms with Crippen LogP contribution in [0.4, 0.5) is 13.2 Å². The molecular weight excluding hydrogens is 273 g/mol. The smallest absolute Gasteiger partial charge is 0.362 e. The average Bonchev–Trinajstić information content (AvgIpc) is 2.76. The lowest BCUT2D eigenvalue weighted by molar-refractivity contribution is -0.138. The molecule has 19 heavy (non-hydrogen) atoms. The summed E-state index contributed by atoms with van der Waals surface area (Å²) in [5.74, 6) is 0. The number of benzene rings is 1. The number of hydrogen-bond acceptors (Lipinski definition) is 3. The third kappa shape index (κ3) is 4.45. The predicted molar refractivity (Wildman–Crippen MR) is 72.3 cm³/mol. The van der Waals surface area contributed by atoms with Crippen molar-refractivity contribution in [3.05, 3.63) is 35.9 Å². The zero-order valence-electron chi connectivity index (χ0n) is 10.4. The molecule has 0 bridgehead atoms. The van der Waals surface area contributed by atoms with E-state index in [1.165, 1.54) is 18.7 Å². The molecule has 1 heterocycles. The van der Waals surface area contributed by atoms with E-state index in [2.05, 4.69) is 10.3 Å². The second-order valence-corrected chi connectivity index (χ2v) is 5.72. The number of aliphatic imine (C=N–C) groups is 1. The van der Waals surface area contributed by atoms with E-state index in [1.807, 2.05) is 30.3 Å². The molecule has 0 radical (unpaired) electrons. The van der Waals surface area contributed by atoms with Crippen LogP contribution in [0.1, 0.15) is 24.2 Å². The van der Waals surface area contributed by atoms with Gasteiger partial charge >= 0.3 is 6.18 Å². The van der Waals surface area contributed by atoms with Crippen molar-refractivity contribution in [3.8, 4) is 0 Å². The summed E-state index contributed by atoms with van der Waals surface area (Å²) >= 11 is 1.49. The van der Waals surface area contributed by atoms with Gasteiger partial charge in [-0.2, -0.15) is 13.2 Å². The van der Waals surface area contributed by atoms with Gasteiger partial charge in [0.15, 0.2) is 5.17 Å². The van der Waals surface area contributed by atoms with Crippen LogP contribution in [0.15, 0.2) is 35.3 Å². The Balaban J connectivity index is 1.85. The van der Waals surface area contributed by atoms with E-state index in [0.29, 0.717) is 11.7 Å². The van der Waals surface area contributed by atoms with Crippen LogP contribution in [0.25, 0.3) is 0 Å². The fourth-order valence-electron chi connectivity index (χ4n) is 1.90. The average molecular weight is 288 g/mol. The maximum absolute atomic E-state index is 12.2. The fraction of sp³-hybridized carbons (Fsp3) is 0.462. The van der Waals surface area contributed by atoms with Crippen molar-refractivity contribution in [1.82, 2.24) is 5.32 Å². The summed E-state index contributed by atoms with van der Waals surface area (Å²) in [4.78, 5) is 4.26. The van der Waals surface area contributed by atoms with Gasteiger partial charge in [-0.1, -0.05) is 42.1 Å². The minimum atomic E-state index is -4.14. The van der Waals surface area contributed by atoms with Crippen LogP contribution in [-0.2, 0) is 0 Å². The standard InChI is InChI=1S/C13H15F3N2S/c1-9(7-13(14,15)16)18-12-17-8-11(19-12)10-5-3-2-4-6-10/h2-6,9,11H,7-8H2,1H3,(H,17,18). The van der Waals surface area contributed by atoms with Gasteiger partial charge in [-0.3, -0.25) is 4.99 Å². The van der Waals surface area contributed by atoms with E-state index in [9.17, 15) is 13.2 Å². The molecule has 2 rings (SSSR count). The van der Waals surface area contributed by atoms with Crippen LogP contribution in [-0.4, -0.2) is 23.9 Å². The molecule has 0 saturated heterocycles. The molecule has 1 N–H and O–H groups in total. The highest BCUT2D eigenvalue weighted by Crippen LogP contribution is 2.34. The van der Waals surface area contributed by atoms with Crippen molar-refractivity contribution in [2.75, 3.05) is 6.54 Å². The van der Waals surface area contributed by atoms with Gasteiger partial charge < -0.3 is 5.32 Å². The Hall–Kier alpha value is -1.17. The fourth-order valence-corrected chi connectivity index (χ4v) is 3.03. The maximum atomic E-state index is 12.2. The van der Waals surface area contributed by atoms with E-state index in [-0.39, 0.29) is 5.25 Å². The Labute approximate surface area is 114 Å². The lowest BCUT2D eigenvalue weighted by atomic mass is 10.1. The second-order valence-electron chi connectivity index (χ2n) is 4.53. The van der Waals surface area contributed by atoms with Gasteiger partial charge in [-0.15, -0.1) is 0 Å². The SMILES string of the molecule is CC(CC(F)(F)F)NC1=NCC(c2ccccc2)S1. The molecule has 1 aliphatic rings. The number of nitrogens with one attached hydrogen (secondary N) is 1. The van der Waals surface area contributed by atoms with E-state index in [0.717, 1.165) is 5.56 Å². The van der Waals surface area contributed by atoms with Crippen LogP contribution in [0, 0.1) is 0 Å². The van der Waals surface area contributed by atoms with Crippen molar-refractivity contribution in [1.29, 1.82) is 0 Å². The molecule has 6 heteroatoms. The number of rotatable bonds is 3. The first kappa shape index (κ1) is 14.2. The largest absolute Gasteiger partial charge is 0.391 e. The van der Waals surface area contributed by atoms with Gasteiger partial charge in [-0.05, 0) is 12.5 Å². The quantitative estimate of drug-likeness (QED) is 0.915. The van der Waals surface area contributed by atoms with E-state index in [4.69, 9.17) is 0 Å². The zero-order valence-corrected chi connectivity index (χ0v) is 11.3. The Morgan fingerprint density at radius 3 is 2.68 bits per heavy atom. The minimum Gasteiger partial charge on any atom is -0.362 e. The molecule has 1 aromatic carbocycles. The van der Waals surface area contributed by atoms with Crippen LogP contribution in [0.5, 0.6) is 0 Å². The highest BCUT2D eigenvalue weighted by molar-refractivity contribution is 8.14. The maximum Gasteiger partial charge on any atom is 0.391 e. The molecule has 0 aromatic heterocycles. The van der Waals surface area contributed by atoms with Crippen molar-refractivity contribution in [2.45, 2.75) is 30.8 Å². The third-order valence-electron chi connectivity index (χ3n) is 2.73. The van der Waals surface area contributed by atoms with Gasteiger partial charge in [0.1, 0.15) is 0 Å². The van der Waals surface area contributed by atoms with Crippen LogP contribution >= 0.6 is 11.8 Å². The molecular formula is C13H15F3N2S. The second kappa shape index (κ2) is 5.86. The van der Waals surface area contributed by atoms with Gasteiger partial charge in [-0.25, -0.2) is 0 Å². The van der Waals surface area contributed by atoms with Crippen molar-refractivity contribution >= 4 is 16.9 Å². The summed E-state index contributed by atoms with van der Waals surface area (Å²) < 4.78 is 36.7. The molecule has 2 nitrogen and oxygen atoms in total. The highest BCUT2D eigenvalue weighted by atomic mass is 32.2. The monoisotopic (exact) mass is 288 g/mol. The molecule has 1 aliphatic heterocycles. The minimum absolute atomic E-state index is 0.196. The van der Waals surface area contributed by atoms with Crippen LogP contribution < -0.4 is 5.32 Å². The highest BCUT2D eigenvalue weighted by Gasteiger charge is 2.31. The molecule has 0 saturated carbocycles. The van der Waals surface area contributed by atoms with Gasteiger partial charge in [0, 0.05) is 6.04 Å². The first-order valence-electron chi connectivity index (χ1n) is 6.03. The summed E-state index contributed by atoms with van der Waals surface area (Å²) in [5.41, 5.74) is 1.15. The molecule has 0 spiro atoms. The summed E-state index contributed by atoms with van der Waals surface area (Å²) in [5, 5.41) is 3.63. The Morgan fingerprint density at radius 2 is 2.05 bits per heavy atom. The predicted octanol–water partition coefficient (Wildman–Crippen LogP) is 3.76. The van der Waals surface area contributed by atoms with E-state index >= 15 is 0 Å². The first-order chi connectivity index (χ1) is 8.94. The molecule has 2 unspecified atom stereocenters. The summed E-state index contributed by atoms with van der Waals surface area (Å²) in [7, 11) is 0. The number of thioether (sulfide) groups is 1. The molecule has 104 valence electrons. The Kier molecular flexibility index (Phi) is 4.39. The van der Waals surface area contributed by atoms with Crippen molar-refractivity contribution < 1.29 is 13.2 Å². The van der Waals surface area contributed by atoms with Gasteiger partial charge in [0.05, 0.1) is 18.2 Å². The number of alkyl halides is 3. The van der Waals surface area contributed by atoms with Crippen molar-refractivity contribution in [2.24, 2.45) is 4.99 Å². The van der Waals surface area contributed by atoms with Gasteiger partial charge in [0.2, 0.25) is 0 Å².